The zero-order valence-electron chi connectivity index (χ0n) is 18.0. The third-order valence-electron chi connectivity index (χ3n) is 6.93. The van der Waals surface area contributed by atoms with Crippen molar-refractivity contribution in [2.45, 2.75) is 44.6 Å². The first-order valence-electron chi connectivity index (χ1n) is 11.0. The molecule has 5 nitrogen and oxygen atoms in total. The molecule has 1 saturated heterocycles. The number of carbonyl (C=O) groups excluding carboxylic acids is 1. The van der Waals surface area contributed by atoms with E-state index < -0.39 is 6.10 Å². The highest BCUT2D eigenvalue weighted by molar-refractivity contribution is 5.74. The Morgan fingerprint density at radius 1 is 1.23 bits per heavy atom. The van der Waals surface area contributed by atoms with Crippen molar-refractivity contribution in [2.75, 3.05) is 26.7 Å². The fraction of sp³-hybridized carbons (Fsp3) is 0.520. The van der Waals surface area contributed by atoms with Gasteiger partial charge in [0.05, 0.1) is 24.8 Å². The predicted octanol–water partition coefficient (Wildman–Crippen LogP) is 3.65. The van der Waals surface area contributed by atoms with Gasteiger partial charge in [-0.1, -0.05) is 30.3 Å². The zero-order valence-corrected chi connectivity index (χ0v) is 18.0. The standard InChI is InChI=1S/C25H32N2O3/c1-17-6-3-4-8-20(17)21-11-13-27(16-22(21)25(29)30-2)15-18-9-10-19-7-5-12-26-24(19)23(28)14-18/h3-8,12,18,21-23,28H,9-11,13-16H2,1-2H3/t18-,21-,22+,23+/m1/s1. The highest BCUT2D eigenvalue weighted by atomic mass is 16.5. The lowest BCUT2D eigenvalue weighted by Crippen LogP contribution is -2.45. The van der Waals surface area contributed by atoms with Crippen LogP contribution >= 0.6 is 0 Å². The van der Waals surface area contributed by atoms with E-state index in [0.717, 1.165) is 50.0 Å². The number of aliphatic hydroxyl groups is 1. The van der Waals surface area contributed by atoms with E-state index in [4.69, 9.17) is 4.74 Å². The summed E-state index contributed by atoms with van der Waals surface area (Å²) in [5.41, 5.74) is 4.50. The number of methoxy groups -OCH3 is 1. The first kappa shape index (κ1) is 21.0. The number of fused-ring (bicyclic) bond motifs is 1. The van der Waals surface area contributed by atoms with Gasteiger partial charge in [0.1, 0.15) is 0 Å². The number of piperidine rings is 1. The van der Waals surface area contributed by atoms with Gasteiger partial charge in [-0.2, -0.15) is 0 Å². The van der Waals surface area contributed by atoms with Crippen molar-refractivity contribution in [3.63, 3.8) is 0 Å². The Labute approximate surface area is 179 Å². The molecule has 1 fully saturated rings. The minimum atomic E-state index is -0.505. The third-order valence-corrected chi connectivity index (χ3v) is 6.93. The molecule has 160 valence electrons. The van der Waals surface area contributed by atoms with Crippen LogP contribution in [0.3, 0.4) is 0 Å². The minimum Gasteiger partial charge on any atom is -0.469 e. The molecule has 0 saturated carbocycles. The summed E-state index contributed by atoms with van der Waals surface area (Å²) in [5.74, 6) is 0.315. The lowest BCUT2D eigenvalue weighted by molar-refractivity contribution is -0.148. The van der Waals surface area contributed by atoms with Crippen LogP contribution in [0.4, 0.5) is 0 Å². The molecule has 30 heavy (non-hydrogen) atoms. The SMILES string of the molecule is COC(=O)[C@H]1CN(C[C@@H]2CCc3cccnc3[C@@H](O)C2)CC[C@@H]1c1ccccc1C. The topological polar surface area (TPSA) is 62.7 Å². The highest BCUT2D eigenvalue weighted by Gasteiger charge is 2.37. The number of ether oxygens (including phenoxy) is 1. The van der Waals surface area contributed by atoms with Crippen molar-refractivity contribution in [1.82, 2.24) is 9.88 Å². The molecule has 0 spiro atoms. The Kier molecular flexibility index (Phi) is 6.49. The summed E-state index contributed by atoms with van der Waals surface area (Å²) in [7, 11) is 1.49. The Bertz CT molecular complexity index is 884. The molecule has 1 aliphatic carbocycles. The largest absolute Gasteiger partial charge is 0.469 e. The molecular formula is C25H32N2O3. The molecule has 2 heterocycles. The molecule has 0 unspecified atom stereocenters. The number of aryl methyl sites for hydroxylation is 2. The lowest BCUT2D eigenvalue weighted by Gasteiger charge is -2.39. The van der Waals surface area contributed by atoms with Crippen molar-refractivity contribution >= 4 is 5.97 Å². The average Bonchev–Trinajstić information content (AvgIpc) is 2.92. The van der Waals surface area contributed by atoms with Crippen LogP contribution in [-0.4, -0.2) is 47.7 Å². The average molecular weight is 409 g/mol. The van der Waals surface area contributed by atoms with Gasteiger partial charge in [-0.05, 0) is 73.7 Å². The molecule has 1 aromatic carbocycles. The first-order valence-corrected chi connectivity index (χ1v) is 11.0. The van der Waals surface area contributed by atoms with Gasteiger partial charge in [-0.3, -0.25) is 9.78 Å². The molecule has 1 N–H and O–H groups in total. The summed E-state index contributed by atoms with van der Waals surface area (Å²) in [6.45, 7) is 4.70. The van der Waals surface area contributed by atoms with Crippen LogP contribution < -0.4 is 0 Å². The number of carbonyl (C=O) groups is 1. The van der Waals surface area contributed by atoms with Crippen molar-refractivity contribution in [3.05, 3.63) is 65.0 Å². The minimum absolute atomic E-state index is 0.120. The van der Waals surface area contributed by atoms with Gasteiger partial charge < -0.3 is 14.7 Å². The van der Waals surface area contributed by atoms with Crippen LogP contribution in [0.15, 0.2) is 42.6 Å². The summed E-state index contributed by atoms with van der Waals surface area (Å²) in [6, 6.07) is 12.4. The maximum Gasteiger partial charge on any atom is 0.310 e. The van der Waals surface area contributed by atoms with E-state index in [1.165, 1.54) is 18.2 Å². The highest BCUT2D eigenvalue weighted by Crippen LogP contribution is 2.37. The van der Waals surface area contributed by atoms with Crippen LogP contribution in [-0.2, 0) is 16.0 Å². The van der Waals surface area contributed by atoms with Crippen molar-refractivity contribution in [2.24, 2.45) is 11.8 Å². The second kappa shape index (κ2) is 9.27. The van der Waals surface area contributed by atoms with Gasteiger partial charge in [0.2, 0.25) is 0 Å². The number of nitrogens with zero attached hydrogens (tertiary/aromatic N) is 2. The van der Waals surface area contributed by atoms with Crippen LogP contribution in [0.25, 0.3) is 0 Å². The molecule has 0 amide bonds. The molecule has 0 bridgehead atoms. The number of benzene rings is 1. The molecule has 2 aromatic rings. The molecule has 5 heteroatoms. The number of esters is 1. The molecule has 1 aromatic heterocycles. The third kappa shape index (κ3) is 4.42. The second-order valence-electron chi connectivity index (χ2n) is 8.84. The zero-order chi connectivity index (χ0) is 21.1. The number of aromatic nitrogens is 1. The lowest BCUT2D eigenvalue weighted by atomic mass is 9.78. The molecule has 1 aliphatic heterocycles. The van der Waals surface area contributed by atoms with Crippen molar-refractivity contribution in [1.29, 1.82) is 0 Å². The van der Waals surface area contributed by atoms with E-state index in [9.17, 15) is 9.90 Å². The van der Waals surface area contributed by atoms with Crippen LogP contribution in [0.2, 0.25) is 0 Å². The van der Waals surface area contributed by atoms with Gasteiger partial charge in [-0.25, -0.2) is 0 Å². The first-order chi connectivity index (χ1) is 14.6. The monoisotopic (exact) mass is 408 g/mol. The van der Waals surface area contributed by atoms with Crippen LogP contribution in [0, 0.1) is 18.8 Å². The molecule has 2 aliphatic rings. The summed E-state index contributed by atoms with van der Waals surface area (Å²) < 4.78 is 5.19. The van der Waals surface area contributed by atoms with Crippen LogP contribution in [0.1, 0.15) is 53.7 Å². The molecule has 4 atom stereocenters. The Balaban J connectivity index is 1.45. The summed E-state index contributed by atoms with van der Waals surface area (Å²) in [4.78, 5) is 19.5. The fourth-order valence-corrected chi connectivity index (χ4v) is 5.35. The summed E-state index contributed by atoms with van der Waals surface area (Å²) in [5, 5.41) is 10.7. The van der Waals surface area contributed by atoms with Crippen molar-refractivity contribution < 1.29 is 14.6 Å². The van der Waals surface area contributed by atoms with Gasteiger partial charge in [0.25, 0.3) is 0 Å². The number of pyridine rings is 1. The Morgan fingerprint density at radius 2 is 2.07 bits per heavy atom. The number of rotatable bonds is 4. The smallest absolute Gasteiger partial charge is 0.310 e. The number of hydrogen-bond acceptors (Lipinski definition) is 5. The van der Waals surface area contributed by atoms with Gasteiger partial charge >= 0.3 is 5.97 Å². The molecule has 0 radical (unpaired) electrons. The van der Waals surface area contributed by atoms with Gasteiger partial charge in [-0.15, -0.1) is 0 Å². The molecular weight excluding hydrogens is 376 g/mol. The maximum atomic E-state index is 12.7. The van der Waals surface area contributed by atoms with E-state index in [1.54, 1.807) is 6.20 Å². The Morgan fingerprint density at radius 3 is 2.87 bits per heavy atom. The quantitative estimate of drug-likeness (QED) is 0.618. The second-order valence-corrected chi connectivity index (χ2v) is 8.84. The van der Waals surface area contributed by atoms with Crippen LogP contribution in [0.5, 0.6) is 0 Å². The van der Waals surface area contributed by atoms with E-state index in [2.05, 4.69) is 41.1 Å². The fourth-order valence-electron chi connectivity index (χ4n) is 5.35. The summed E-state index contributed by atoms with van der Waals surface area (Å²) in [6.07, 6.45) is 4.92. The Hall–Kier alpha value is -2.24. The maximum absolute atomic E-state index is 12.7. The van der Waals surface area contributed by atoms with E-state index in [1.807, 2.05) is 12.1 Å². The summed E-state index contributed by atoms with van der Waals surface area (Å²) >= 11 is 0. The van der Waals surface area contributed by atoms with E-state index >= 15 is 0 Å². The van der Waals surface area contributed by atoms with Crippen molar-refractivity contribution in [3.8, 4) is 0 Å². The van der Waals surface area contributed by atoms with Gasteiger partial charge in [0.15, 0.2) is 0 Å². The van der Waals surface area contributed by atoms with Gasteiger partial charge in [0, 0.05) is 19.3 Å². The molecule has 4 rings (SSSR count). The van der Waals surface area contributed by atoms with E-state index in [0.29, 0.717) is 12.5 Å². The normalized spacial score (nSPS) is 27.2. The number of aliphatic hydroxyl groups excluding tert-OH is 1. The number of hydrogen-bond donors (Lipinski definition) is 1. The number of likely N-dealkylation sites (tertiary alicyclic amines) is 1. The predicted molar refractivity (Wildman–Crippen MR) is 116 cm³/mol. The van der Waals surface area contributed by atoms with E-state index in [-0.39, 0.29) is 17.8 Å².